The second kappa shape index (κ2) is 11.6. The average molecular weight is 382 g/mol. The maximum Gasteiger partial charge on any atom is 0.317 e. The highest BCUT2D eigenvalue weighted by molar-refractivity contribution is 7.32. The molecule has 2 rings (SSSR count). The van der Waals surface area contributed by atoms with Gasteiger partial charge in [0.2, 0.25) is 0 Å². The van der Waals surface area contributed by atoms with Crippen LogP contribution in [0.1, 0.15) is 49.6 Å². The summed E-state index contributed by atoms with van der Waals surface area (Å²) >= 11 is 0. The van der Waals surface area contributed by atoms with Gasteiger partial charge < -0.3 is 19.3 Å². The Labute approximate surface area is 155 Å². The quantitative estimate of drug-likeness (QED) is 0.698. The zero-order chi connectivity index (χ0) is 19.5. The molecule has 0 amide bonds. The van der Waals surface area contributed by atoms with E-state index in [1.54, 1.807) is 31.5 Å². The van der Waals surface area contributed by atoms with Crippen molar-refractivity contribution in [3.05, 3.63) is 47.5 Å². The van der Waals surface area contributed by atoms with Gasteiger partial charge in [-0.25, -0.2) is 0 Å². The molecular formula is C18H27N2O5P. The normalized spacial score (nSPS) is 12.7. The highest BCUT2D eigenvalue weighted by Crippen LogP contribution is 2.37. The van der Waals surface area contributed by atoms with E-state index in [0.717, 1.165) is 0 Å². The summed E-state index contributed by atoms with van der Waals surface area (Å²) in [6.45, 7) is 6.07. The van der Waals surface area contributed by atoms with Gasteiger partial charge in [-0.15, -0.1) is 0 Å². The number of phenols is 1. The molecule has 1 aromatic carbocycles. The van der Waals surface area contributed by atoms with Gasteiger partial charge in [-0.2, -0.15) is 0 Å². The Balaban J connectivity index is 0.000000765. The molecule has 1 heterocycles. The van der Waals surface area contributed by atoms with Crippen LogP contribution >= 0.6 is 8.25 Å². The number of hydrogen-bond donors (Lipinski definition) is 2. The van der Waals surface area contributed by atoms with E-state index >= 15 is 0 Å². The van der Waals surface area contributed by atoms with E-state index in [1.807, 2.05) is 0 Å². The number of rotatable bonds is 7. The predicted octanol–water partition coefficient (Wildman–Crippen LogP) is 3.99. The zero-order valence-electron chi connectivity index (χ0n) is 15.6. The van der Waals surface area contributed by atoms with Crippen LogP contribution in [0.5, 0.6) is 11.5 Å². The molecule has 0 saturated carbocycles. The van der Waals surface area contributed by atoms with Crippen LogP contribution in [0.3, 0.4) is 0 Å². The number of nitrogens with zero attached hydrogens (tertiary/aromatic N) is 2. The summed E-state index contributed by atoms with van der Waals surface area (Å²) in [6, 6.07) is 3.26. The molecule has 144 valence electrons. The molecule has 0 spiro atoms. The largest absolute Gasteiger partial charge is 0.504 e. The third-order valence-corrected chi connectivity index (χ3v) is 4.12. The van der Waals surface area contributed by atoms with E-state index in [2.05, 4.69) is 23.8 Å². The molecule has 7 nitrogen and oxygen atoms in total. The summed E-state index contributed by atoms with van der Waals surface area (Å²) in [5, 5.41) is 9.88. The van der Waals surface area contributed by atoms with Gasteiger partial charge in [-0.1, -0.05) is 26.7 Å². The minimum absolute atomic E-state index is 0.0288. The lowest BCUT2D eigenvalue weighted by Crippen LogP contribution is -2.07. The first-order chi connectivity index (χ1) is 12.4. The highest BCUT2D eigenvalue weighted by Gasteiger charge is 2.19. The molecular weight excluding hydrogens is 355 g/mol. The van der Waals surface area contributed by atoms with Crippen molar-refractivity contribution in [2.24, 2.45) is 0 Å². The molecule has 26 heavy (non-hydrogen) atoms. The zero-order valence-corrected chi connectivity index (χ0v) is 16.6. The average Bonchev–Trinajstić information content (AvgIpc) is 2.64. The van der Waals surface area contributed by atoms with Gasteiger partial charge in [0, 0.05) is 25.0 Å². The first-order valence-electron chi connectivity index (χ1n) is 8.44. The van der Waals surface area contributed by atoms with E-state index in [4.69, 9.17) is 14.2 Å². The van der Waals surface area contributed by atoms with Crippen LogP contribution in [-0.2, 0) is 15.5 Å². The fourth-order valence-corrected chi connectivity index (χ4v) is 2.55. The number of aryl methyl sites for hydroxylation is 1. The van der Waals surface area contributed by atoms with Gasteiger partial charge in [-0.3, -0.25) is 14.5 Å². The SMILES string of the molecule is CCCC.COc1cc(C(Cc2cnccn2)O[PH](=O)O)cc(C)c1O. The number of ether oxygens (including phenoxy) is 1. The van der Waals surface area contributed by atoms with E-state index in [0.29, 0.717) is 16.8 Å². The molecule has 1 aromatic heterocycles. The Bertz CT molecular complexity index is 695. The first kappa shape index (κ1) is 22.1. The van der Waals surface area contributed by atoms with Gasteiger partial charge >= 0.3 is 8.25 Å². The minimum Gasteiger partial charge on any atom is -0.504 e. The monoisotopic (exact) mass is 382 g/mol. The number of phenolic OH excluding ortho intramolecular Hbond substituents is 1. The Kier molecular flexibility index (Phi) is 9.88. The number of unbranched alkanes of at least 4 members (excludes halogenated alkanes) is 1. The van der Waals surface area contributed by atoms with Crippen LogP contribution in [0.25, 0.3) is 0 Å². The Morgan fingerprint density at radius 2 is 1.92 bits per heavy atom. The van der Waals surface area contributed by atoms with Crippen molar-refractivity contribution in [2.45, 2.75) is 46.1 Å². The van der Waals surface area contributed by atoms with Gasteiger partial charge in [0.05, 0.1) is 18.9 Å². The molecule has 8 heteroatoms. The third kappa shape index (κ3) is 7.12. The smallest absolute Gasteiger partial charge is 0.317 e. The molecule has 0 aliphatic carbocycles. The Morgan fingerprint density at radius 1 is 1.23 bits per heavy atom. The molecule has 0 bridgehead atoms. The van der Waals surface area contributed by atoms with Crippen molar-refractivity contribution in [3.8, 4) is 11.5 Å². The number of benzene rings is 1. The summed E-state index contributed by atoms with van der Waals surface area (Å²) in [4.78, 5) is 17.2. The fourth-order valence-electron chi connectivity index (χ4n) is 2.09. The summed E-state index contributed by atoms with van der Waals surface area (Å²) < 4.78 is 21.4. The number of methoxy groups -OCH3 is 1. The molecule has 0 aliphatic rings. The standard InChI is InChI=1S/C14H17N2O5P.C4H10/c1-9-5-10(6-13(20-2)14(9)17)12(21-22(18)19)7-11-8-15-3-4-16-11;1-3-4-2/h3-6,8,12,17,22H,7H2,1-2H3,(H,18,19);3-4H2,1-2H3. The van der Waals surface area contributed by atoms with Crippen LogP contribution in [0, 0.1) is 6.92 Å². The van der Waals surface area contributed by atoms with Crippen LogP contribution in [0.2, 0.25) is 0 Å². The molecule has 2 N–H and O–H groups in total. The topological polar surface area (TPSA) is 102 Å². The van der Waals surface area contributed by atoms with E-state index in [9.17, 15) is 9.67 Å². The fraction of sp³-hybridized carbons (Fsp3) is 0.444. The summed E-state index contributed by atoms with van der Waals surface area (Å²) in [7, 11) is -1.71. The lowest BCUT2D eigenvalue weighted by atomic mass is 10.0. The molecule has 2 unspecified atom stereocenters. The summed E-state index contributed by atoms with van der Waals surface area (Å²) in [5.41, 5.74) is 1.82. The predicted molar refractivity (Wildman–Crippen MR) is 101 cm³/mol. The van der Waals surface area contributed by atoms with Crippen LogP contribution in [0.15, 0.2) is 30.7 Å². The van der Waals surface area contributed by atoms with Crippen molar-refractivity contribution in [1.82, 2.24) is 9.97 Å². The van der Waals surface area contributed by atoms with Gasteiger partial charge in [0.25, 0.3) is 0 Å². The maximum atomic E-state index is 11.1. The minimum atomic E-state index is -3.14. The van der Waals surface area contributed by atoms with Crippen molar-refractivity contribution >= 4 is 8.25 Å². The van der Waals surface area contributed by atoms with Crippen LogP contribution < -0.4 is 4.74 Å². The van der Waals surface area contributed by atoms with Crippen molar-refractivity contribution in [2.75, 3.05) is 7.11 Å². The number of hydrogen-bond acceptors (Lipinski definition) is 6. The molecule has 0 radical (unpaired) electrons. The molecule has 0 aliphatic heterocycles. The second-order valence-corrected chi connectivity index (χ2v) is 6.43. The van der Waals surface area contributed by atoms with E-state index in [1.165, 1.54) is 26.1 Å². The molecule has 0 fully saturated rings. The Hall–Kier alpha value is -1.95. The molecule has 2 atom stereocenters. The highest BCUT2D eigenvalue weighted by atomic mass is 31.1. The van der Waals surface area contributed by atoms with E-state index < -0.39 is 14.4 Å². The van der Waals surface area contributed by atoms with E-state index in [-0.39, 0.29) is 17.9 Å². The lowest BCUT2D eigenvalue weighted by Gasteiger charge is -2.18. The van der Waals surface area contributed by atoms with Crippen molar-refractivity contribution in [1.29, 1.82) is 0 Å². The Morgan fingerprint density at radius 3 is 2.42 bits per heavy atom. The number of aromatic hydroxyl groups is 1. The third-order valence-electron chi connectivity index (χ3n) is 3.63. The van der Waals surface area contributed by atoms with Crippen LogP contribution in [0.4, 0.5) is 0 Å². The molecule has 0 saturated heterocycles. The van der Waals surface area contributed by atoms with Gasteiger partial charge in [0.1, 0.15) is 0 Å². The van der Waals surface area contributed by atoms with Crippen LogP contribution in [-0.4, -0.2) is 27.1 Å². The maximum absolute atomic E-state index is 11.1. The van der Waals surface area contributed by atoms with Crippen molar-refractivity contribution in [3.63, 3.8) is 0 Å². The first-order valence-corrected chi connectivity index (χ1v) is 9.71. The number of aromatic nitrogens is 2. The molecule has 2 aromatic rings. The van der Waals surface area contributed by atoms with Crippen molar-refractivity contribution < 1.29 is 23.8 Å². The van der Waals surface area contributed by atoms with Gasteiger partial charge in [-0.05, 0) is 30.2 Å². The summed E-state index contributed by atoms with van der Waals surface area (Å²) in [5.74, 6) is 0.307. The van der Waals surface area contributed by atoms with Gasteiger partial charge in [0.15, 0.2) is 11.5 Å². The second-order valence-electron chi connectivity index (χ2n) is 5.66. The summed E-state index contributed by atoms with van der Waals surface area (Å²) in [6.07, 6.45) is 6.87. The lowest BCUT2D eigenvalue weighted by molar-refractivity contribution is 0.189.